The molecule has 1 aromatic heterocycles. The van der Waals surface area contributed by atoms with Crippen molar-refractivity contribution in [3.63, 3.8) is 0 Å². The minimum atomic E-state index is -0.967. The number of hydrogen-bond acceptors (Lipinski definition) is 5. The number of methoxy groups -OCH3 is 2. The van der Waals surface area contributed by atoms with Crippen LogP contribution in [0, 0.1) is 0 Å². The molecule has 9 heteroatoms. The van der Waals surface area contributed by atoms with E-state index in [4.69, 9.17) is 14.6 Å². The third-order valence-electron chi connectivity index (χ3n) is 4.69. The van der Waals surface area contributed by atoms with Crippen LogP contribution in [0.15, 0.2) is 60.7 Å². The van der Waals surface area contributed by atoms with Crippen LogP contribution in [0.2, 0.25) is 0 Å². The zero-order valence-corrected chi connectivity index (χ0v) is 17.6. The maximum Gasteiger partial charge on any atom is 0.328 e. The number of carboxylic acid groups (broad SMARTS) is 1. The van der Waals surface area contributed by atoms with Gasteiger partial charge in [0.05, 0.1) is 26.3 Å². The number of aryl methyl sites for hydroxylation is 1. The molecule has 9 nitrogen and oxygen atoms in total. The highest BCUT2D eigenvalue weighted by molar-refractivity contribution is 6.42. The fourth-order valence-corrected chi connectivity index (χ4v) is 3.07. The van der Waals surface area contributed by atoms with Gasteiger partial charge in [0.25, 0.3) is 0 Å². The summed E-state index contributed by atoms with van der Waals surface area (Å²) in [4.78, 5) is 36.1. The molecule has 3 N–H and O–H groups in total. The Morgan fingerprint density at radius 1 is 0.906 bits per heavy atom. The van der Waals surface area contributed by atoms with Crippen LogP contribution in [-0.2, 0) is 20.8 Å². The van der Waals surface area contributed by atoms with E-state index in [1.807, 2.05) is 0 Å². The quantitative estimate of drug-likeness (QED) is 0.466. The number of carboxylic acids is 1. The summed E-state index contributed by atoms with van der Waals surface area (Å²) in [6, 6.07) is 17.2. The van der Waals surface area contributed by atoms with Crippen LogP contribution >= 0.6 is 0 Å². The number of amides is 2. The summed E-state index contributed by atoms with van der Waals surface area (Å²) in [5, 5.41) is 11.6. The Labute approximate surface area is 184 Å². The topological polar surface area (TPSA) is 119 Å². The number of ether oxygens (including phenoxy) is 2. The summed E-state index contributed by atoms with van der Waals surface area (Å²) in [7, 11) is 3.06. The zero-order chi connectivity index (χ0) is 23.1. The van der Waals surface area contributed by atoms with Crippen LogP contribution in [0.25, 0.3) is 11.3 Å². The van der Waals surface area contributed by atoms with Gasteiger partial charge in [0, 0.05) is 29.4 Å². The second-order valence-corrected chi connectivity index (χ2v) is 6.79. The maximum atomic E-state index is 12.6. The molecule has 0 bridgehead atoms. The van der Waals surface area contributed by atoms with Crippen LogP contribution in [0.4, 0.5) is 5.69 Å². The Morgan fingerprint density at radius 3 is 2.28 bits per heavy atom. The molecule has 32 heavy (non-hydrogen) atoms. The van der Waals surface area contributed by atoms with Crippen molar-refractivity contribution in [3.8, 4) is 22.8 Å². The summed E-state index contributed by atoms with van der Waals surface area (Å²) in [6.45, 7) is 0. The van der Waals surface area contributed by atoms with Gasteiger partial charge in [-0.1, -0.05) is 6.07 Å². The molecule has 0 radical (unpaired) electrons. The van der Waals surface area contributed by atoms with E-state index in [2.05, 4.69) is 10.7 Å². The lowest BCUT2D eigenvalue weighted by atomic mass is 10.1. The molecule has 0 atom stereocenters. The summed E-state index contributed by atoms with van der Waals surface area (Å²) >= 11 is 0. The highest BCUT2D eigenvalue weighted by Crippen LogP contribution is 2.25. The molecule has 0 aliphatic carbocycles. The predicted octanol–water partition coefficient (Wildman–Crippen LogP) is 2.90. The average Bonchev–Trinajstić information content (AvgIpc) is 3.20. The van der Waals surface area contributed by atoms with Crippen molar-refractivity contribution in [1.29, 1.82) is 0 Å². The van der Waals surface area contributed by atoms with Crippen LogP contribution in [-0.4, -0.2) is 41.8 Å². The second-order valence-electron chi connectivity index (χ2n) is 6.79. The number of nitrogens with one attached hydrogen (secondary N) is 2. The van der Waals surface area contributed by atoms with Gasteiger partial charge in [-0.3, -0.25) is 24.5 Å². The van der Waals surface area contributed by atoms with Gasteiger partial charge in [-0.15, -0.1) is 0 Å². The summed E-state index contributed by atoms with van der Waals surface area (Å²) in [5.74, 6) is -1.55. The molecule has 3 aromatic rings. The van der Waals surface area contributed by atoms with Crippen molar-refractivity contribution in [1.82, 2.24) is 4.68 Å². The molecule has 0 aliphatic heterocycles. The molecule has 0 unspecified atom stereocenters. The molecule has 3 rings (SSSR count). The van der Waals surface area contributed by atoms with Gasteiger partial charge in [-0.25, -0.2) is 0 Å². The molecule has 0 spiro atoms. The highest BCUT2D eigenvalue weighted by atomic mass is 16.5. The lowest BCUT2D eigenvalue weighted by Crippen LogP contribution is -2.35. The number of aromatic nitrogens is 1. The summed E-state index contributed by atoms with van der Waals surface area (Å²) in [5.41, 5.74) is 4.86. The molecule has 0 saturated carbocycles. The third kappa shape index (κ3) is 5.45. The van der Waals surface area contributed by atoms with Crippen LogP contribution in [0.5, 0.6) is 11.5 Å². The first-order chi connectivity index (χ1) is 15.4. The van der Waals surface area contributed by atoms with E-state index in [-0.39, 0.29) is 12.8 Å². The maximum absolute atomic E-state index is 12.6. The van der Waals surface area contributed by atoms with Crippen LogP contribution in [0.3, 0.4) is 0 Å². The van der Waals surface area contributed by atoms with Crippen molar-refractivity contribution in [2.45, 2.75) is 12.8 Å². The molecule has 0 saturated heterocycles. The largest absolute Gasteiger partial charge is 0.497 e. The minimum Gasteiger partial charge on any atom is -0.497 e. The number of aliphatic carboxylic acids is 1. The second kappa shape index (κ2) is 10.2. The standard InChI is InChI=1S/C23H23N3O6/c1-31-18-10-6-15(7-11-18)20-12-8-17(9-13-21(27)28)26(20)25-23(30)22(29)24-16-4-3-5-19(14-16)32-2/h3-8,10-12,14H,9,13H2,1-2H3,(H,24,29)(H,25,30)(H,27,28). The highest BCUT2D eigenvalue weighted by Gasteiger charge is 2.19. The fourth-order valence-electron chi connectivity index (χ4n) is 3.07. The van der Waals surface area contributed by atoms with Gasteiger partial charge in [-0.05, 0) is 48.5 Å². The van der Waals surface area contributed by atoms with E-state index in [1.165, 1.54) is 11.8 Å². The normalized spacial score (nSPS) is 10.3. The molecule has 2 amide bonds. The molecule has 0 fully saturated rings. The Kier molecular flexibility index (Phi) is 7.12. The van der Waals surface area contributed by atoms with Gasteiger partial charge in [-0.2, -0.15) is 0 Å². The first kappa shape index (κ1) is 22.4. The molecular formula is C23H23N3O6. The van der Waals surface area contributed by atoms with E-state index in [9.17, 15) is 14.4 Å². The third-order valence-corrected chi connectivity index (χ3v) is 4.69. The minimum absolute atomic E-state index is 0.127. The fraction of sp³-hybridized carbons (Fsp3) is 0.174. The molecule has 2 aromatic carbocycles. The summed E-state index contributed by atoms with van der Waals surface area (Å²) in [6.07, 6.45) is 0.0429. The van der Waals surface area contributed by atoms with E-state index in [1.54, 1.807) is 67.8 Å². The van der Waals surface area contributed by atoms with Crippen LogP contribution in [0.1, 0.15) is 12.1 Å². The van der Waals surface area contributed by atoms with Crippen LogP contribution < -0.4 is 20.2 Å². The van der Waals surface area contributed by atoms with Crippen molar-refractivity contribution in [2.75, 3.05) is 25.0 Å². The SMILES string of the molecule is COc1ccc(-c2ccc(CCC(=O)O)n2NC(=O)C(=O)Nc2cccc(OC)c2)cc1. The number of carbonyl (C=O) groups excluding carboxylic acids is 2. The molecule has 166 valence electrons. The number of anilines is 1. The first-order valence-corrected chi connectivity index (χ1v) is 9.74. The summed E-state index contributed by atoms with van der Waals surface area (Å²) < 4.78 is 11.7. The Morgan fingerprint density at radius 2 is 1.62 bits per heavy atom. The molecule has 1 heterocycles. The van der Waals surface area contributed by atoms with Crippen molar-refractivity contribution in [2.24, 2.45) is 0 Å². The monoisotopic (exact) mass is 437 g/mol. The lowest BCUT2D eigenvalue weighted by molar-refractivity contribution is -0.137. The first-order valence-electron chi connectivity index (χ1n) is 9.74. The number of hydrogen-bond donors (Lipinski definition) is 3. The smallest absolute Gasteiger partial charge is 0.328 e. The Balaban J connectivity index is 1.84. The Hall–Kier alpha value is -4.27. The van der Waals surface area contributed by atoms with Gasteiger partial charge in [0.15, 0.2) is 0 Å². The van der Waals surface area contributed by atoms with Gasteiger partial charge >= 0.3 is 17.8 Å². The zero-order valence-electron chi connectivity index (χ0n) is 17.6. The number of rotatable bonds is 8. The number of nitrogens with zero attached hydrogens (tertiary/aromatic N) is 1. The number of benzene rings is 2. The molecule has 0 aliphatic rings. The van der Waals surface area contributed by atoms with E-state index in [0.717, 1.165) is 5.56 Å². The van der Waals surface area contributed by atoms with Gasteiger partial charge in [0.1, 0.15) is 11.5 Å². The average molecular weight is 437 g/mol. The van der Waals surface area contributed by atoms with E-state index >= 15 is 0 Å². The predicted molar refractivity (Wildman–Crippen MR) is 118 cm³/mol. The lowest BCUT2D eigenvalue weighted by Gasteiger charge is -2.15. The van der Waals surface area contributed by atoms with Crippen molar-refractivity contribution >= 4 is 23.5 Å². The number of carbonyl (C=O) groups is 3. The van der Waals surface area contributed by atoms with E-state index in [0.29, 0.717) is 28.6 Å². The molecular weight excluding hydrogens is 414 g/mol. The van der Waals surface area contributed by atoms with Crippen molar-refractivity contribution in [3.05, 3.63) is 66.4 Å². The van der Waals surface area contributed by atoms with E-state index < -0.39 is 17.8 Å². The van der Waals surface area contributed by atoms with Gasteiger partial charge in [0.2, 0.25) is 0 Å². The van der Waals surface area contributed by atoms with Gasteiger partial charge < -0.3 is 19.9 Å². The van der Waals surface area contributed by atoms with Crippen molar-refractivity contribution < 1.29 is 29.0 Å². The Bertz CT molecular complexity index is 1120.